The number of rotatable bonds is 4. The fraction of sp³-hybridized carbons (Fsp3) is 0.364. The molecule has 0 saturated carbocycles. The molecule has 4 nitrogen and oxygen atoms in total. The van der Waals surface area contributed by atoms with Crippen molar-refractivity contribution in [3.05, 3.63) is 34.9 Å². The van der Waals surface area contributed by atoms with E-state index in [1.54, 1.807) is 31.2 Å². The summed E-state index contributed by atoms with van der Waals surface area (Å²) in [5, 5.41) is 11.9. The monoisotopic (exact) mass is 275 g/mol. The second-order valence-electron chi connectivity index (χ2n) is 3.72. The van der Waals surface area contributed by atoms with Crippen LogP contribution in [0.5, 0.6) is 0 Å². The molecule has 0 amide bonds. The van der Waals surface area contributed by atoms with E-state index in [1.165, 1.54) is 0 Å². The zero-order valence-electron chi connectivity index (χ0n) is 9.59. The number of sulfone groups is 1. The molecule has 0 aliphatic carbocycles. The molecule has 0 heterocycles. The van der Waals surface area contributed by atoms with Gasteiger partial charge in [-0.3, -0.25) is 0 Å². The summed E-state index contributed by atoms with van der Waals surface area (Å²) >= 11 is 5.74. The molecule has 0 saturated heterocycles. The molecule has 0 bridgehead atoms. The molecule has 1 rings (SSSR count). The third kappa shape index (κ3) is 3.44. The lowest BCUT2D eigenvalue weighted by atomic mass is 10.1. The van der Waals surface area contributed by atoms with Crippen molar-refractivity contribution in [3.8, 4) is 0 Å². The third-order valence-corrected chi connectivity index (χ3v) is 4.28. The van der Waals surface area contributed by atoms with Gasteiger partial charge in [-0.1, -0.05) is 35.8 Å². The van der Waals surface area contributed by atoms with Crippen LogP contribution in [0.25, 0.3) is 0 Å². The molecule has 94 valence electrons. The summed E-state index contributed by atoms with van der Waals surface area (Å²) in [6.45, 7) is 1.73. The first-order chi connectivity index (χ1) is 7.90. The van der Waals surface area contributed by atoms with Gasteiger partial charge in [0, 0.05) is 16.8 Å². The highest BCUT2D eigenvalue weighted by Crippen LogP contribution is 2.16. The topological polar surface area (TPSA) is 66.7 Å². The van der Waals surface area contributed by atoms with Crippen LogP contribution >= 0.6 is 11.6 Å². The Morgan fingerprint density at radius 3 is 2.29 bits per heavy atom. The second-order valence-corrected chi connectivity index (χ2v) is 6.38. The Hall–Kier alpha value is -1.07. The van der Waals surface area contributed by atoms with E-state index in [4.69, 9.17) is 16.8 Å². The minimum absolute atomic E-state index is 0.145. The van der Waals surface area contributed by atoms with Crippen LogP contribution in [0.2, 0.25) is 5.02 Å². The molecule has 17 heavy (non-hydrogen) atoms. The highest BCUT2D eigenvalue weighted by Gasteiger charge is 2.26. The highest BCUT2D eigenvalue weighted by atomic mass is 35.5. The van der Waals surface area contributed by atoms with Gasteiger partial charge in [0.25, 0.3) is 0 Å². The van der Waals surface area contributed by atoms with E-state index >= 15 is 0 Å². The van der Waals surface area contributed by atoms with Crippen molar-refractivity contribution in [2.24, 2.45) is 5.16 Å². The fourth-order valence-corrected chi connectivity index (χ4v) is 2.95. The molecule has 0 aromatic heterocycles. The van der Waals surface area contributed by atoms with E-state index in [-0.39, 0.29) is 5.71 Å². The zero-order chi connectivity index (χ0) is 13.1. The van der Waals surface area contributed by atoms with Crippen LogP contribution in [0, 0.1) is 0 Å². The maximum Gasteiger partial charge on any atom is 0.156 e. The first-order valence-electron chi connectivity index (χ1n) is 5.07. The molecular formula is C11H14ClNO3S. The van der Waals surface area contributed by atoms with Crippen molar-refractivity contribution in [2.75, 3.05) is 6.26 Å². The predicted octanol–water partition coefficient (Wildman–Crippen LogP) is 2.34. The standard InChI is InChI=1S/C11H14ClNO3S/c1-3-10(17(2,15)16)11(13-14)8-4-6-9(12)7-5-8/h4-7,10,14H,3H2,1-2H3/b13-11-/t10-/m1/s1. The summed E-state index contributed by atoms with van der Waals surface area (Å²) in [6, 6.07) is 6.50. The largest absolute Gasteiger partial charge is 0.411 e. The van der Waals surface area contributed by atoms with Crippen LogP contribution < -0.4 is 0 Å². The SMILES string of the molecule is CC[C@H](/C(=N\O)c1ccc(Cl)cc1)S(C)(=O)=O. The van der Waals surface area contributed by atoms with Gasteiger partial charge in [0.15, 0.2) is 9.84 Å². The van der Waals surface area contributed by atoms with E-state index in [0.717, 1.165) is 6.26 Å². The molecule has 6 heteroatoms. The van der Waals surface area contributed by atoms with Crippen LogP contribution in [-0.4, -0.2) is 30.8 Å². The number of halogens is 1. The summed E-state index contributed by atoms with van der Waals surface area (Å²) in [5.41, 5.74) is 0.695. The van der Waals surface area contributed by atoms with Crippen LogP contribution in [0.1, 0.15) is 18.9 Å². The van der Waals surface area contributed by atoms with Gasteiger partial charge in [0.1, 0.15) is 11.0 Å². The first kappa shape index (κ1) is 14.0. The number of benzene rings is 1. The minimum atomic E-state index is -3.31. The van der Waals surface area contributed by atoms with E-state index < -0.39 is 15.1 Å². The van der Waals surface area contributed by atoms with Gasteiger partial charge >= 0.3 is 0 Å². The number of oxime groups is 1. The molecule has 0 fully saturated rings. The average Bonchev–Trinajstić information content (AvgIpc) is 2.25. The Balaban J connectivity index is 3.20. The molecule has 0 spiro atoms. The number of hydrogen-bond acceptors (Lipinski definition) is 4. The molecule has 0 unspecified atom stereocenters. The Bertz CT molecular complexity index is 508. The highest BCUT2D eigenvalue weighted by molar-refractivity contribution is 7.92. The van der Waals surface area contributed by atoms with Crippen molar-refractivity contribution < 1.29 is 13.6 Å². The van der Waals surface area contributed by atoms with E-state index in [0.29, 0.717) is 17.0 Å². The van der Waals surface area contributed by atoms with Gasteiger partial charge in [-0.05, 0) is 18.6 Å². The average molecular weight is 276 g/mol. The van der Waals surface area contributed by atoms with Gasteiger partial charge in [0.2, 0.25) is 0 Å². The maximum atomic E-state index is 11.6. The molecule has 0 aliphatic heterocycles. The van der Waals surface area contributed by atoms with E-state index in [2.05, 4.69) is 5.16 Å². The zero-order valence-corrected chi connectivity index (χ0v) is 11.2. The van der Waals surface area contributed by atoms with Crippen molar-refractivity contribution in [1.82, 2.24) is 0 Å². The quantitative estimate of drug-likeness (QED) is 0.521. The lowest BCUT2D eigenvalue weighted by Gasteiger charge is -2.14. The van der Waals surface area contributed by atoms with Gasteiger partial charge < -0.3 is 5.21 Å². The smallest absolute Gasteiger partial charge is 0.156 e. The Kier molecular flexibility index (Phi) is 4.54. The molecule has 0 aliphatic rings. The van der Waals surface area contributed by atoms with E-state index in [1.807, 2.05) is 0 Å². The third-order valence-electron chi connectivity index (χ3n) is 2.44. The van der Waals surface area contributed by atoms with Crippen molar-refractivity contribution in [2.45, 2.75) is 18.6 Å². The summed E-state index contributed by atoms with van der Waals surface area (Å²) in [5.74, 6) is 0. The predicted molar refractivity (Wildman–Crippen MR) is 68.7 cm³/mol. The normalized spacial score (nSPS) is 14.6. The lowest BCUT2D eigenvalue weighted by molar-refractivity contribution is 0.318. The molecular weight excluding hydrogens is 262 g/mol. The first-order valence-corrected chi connectivity index (χ1v) is 7.40. The summed E-state index contributed by atoms with van der Waals surface area (Å²) in [6.07, 6.45) is 1.48. The maximum absolute atomic E-state index is 11.6. The Labute approximate surface area is 106 Å². The van der Waals surface area contributed by atoms with Gasteiger partial charge in [-0.2, -0.15) is 0 Å². The molecule has 1 aromatic rings. The molecule has 1 atom stereocenters. The number of nitrogens with zero attached hydrogens (tertiary/aromatic N) is 1. The van der Waals surface area contributed by atoms with Gasteiger partial charge in [0.05, 0.1) is 0 Å². The van der Waals surface area contributed by atoms with Crippen molar-refractivity contribution >= 4 is 27.1 Å². The number of hydrogen-bond donors (Lipinski definition) is 1. The van der Waals surface area contributed by atoms with Crippen LogP contribution in [0.4, 0.5) is 0 Å². The minimum Gasteiger partial charge on any atom is -0.411 e. The lowest BCUT2D eigenvalue weighted by Crippen LogP contribution is -2.29. The van der Waals surface area contributed by atoms with Crippen LogP contribution in [-0.2, 0) is 9.84 Å². The van der Waals surface area contributed by atoms with Gasteiger partial charge in [-0.15, -0.1) is 0 Å². The van der Waals surface area contributed by atoms with Crippen molar-refractivity contribution in [3.63, 3.8) is 0 Å². The fourth-order valence-electron chi connectivity index (χ4n) is 1.63. The van der Waals surface area contributed by atoms with E-state index in [9.17, 15) is 8.42 Å². The second kappa shape index (κ2) is 5.51. The summed E-state index contributed by atoms with van der Waals surface area (Å²) < 4.78 is 23.2. The van der Waals surface area contributed by atoms with Crippen LogP contribution in [0.15, 0.2) is 29.4 Å². The Morgan fingerprint density at radius 1 is 1.41 bits per heavy atom. The summed E-state index contributed by atoms with van der Waals surface area (Å²) in [7, 11) is -3.31. The van der Waals surface area contributed by atoms with Crippen LogP contribution in [0.3, 0.4) is 0 Å². The Morgan fingerprint density at radius 2 is 1.94 bits per heavy atom. The van der Waals surface area contributed by atoms with Crippen molar-refractivity contribution in [1.29, 1.82) is 0 Å². The molecule has 0 radical (unpaired) electrons. The van der Waals surface area contributed by atoms with Gasteiger partial charge in [-0.25, -0.2) is 8.42 Å². The molecule has 1 N–H and O–H groups in total. The molecule has 1 aromatic carbocycles. The summed E-state index contributed by atoms with van der Waals surface area (Å²) in [4.78, 5) is 0.